The van der Waals surface area contributed by atoms with Gasteiger partial charge >= 0.3 is 5.97 Å². The number of ether oxygens (including phenoxy) is 2. The van der Waals surface area contributed by atoms with Crippen molar-refractivity contribution < 1.29 is 23.0 Å². The zero-order valence-electron chi connectivity index (χ0n) is 13.3. The standard InChI is InChI=1S/C18H17F2NO3/c1-3-24-18(22)17(12-4-6-16(23-2)7-5-12)11-21-15-9-13(19)8-14(20)10-15/h4-11,21H,3H2,1-2H3/b17-11-. The molecule has 0 fully saturated rings. The third-order valence-corrected chi connectivity index (χ3v) is 3.14. The van der Waals surface area contributed by atoms with Crippen LogP contribution in [0.4, 0.5) is 14.5 Å². The molecule has 0 aliphatic rings. The predicted octanol–water partition coefficient (Wildman–Crippen LogP) is 3.99. The summed E-state index contributed by atoms with van der Waals surface area (Å²) in [5, 5.41) is 2.72. The van der Waals surface area contributed by atoms with Crippen LogP contribution in [0.2, 0.25) is 0 Å². The molecule has 1 N–H and O–H groups in total. The monoisotopic (exact) mass is 333 g/mol. The van der Waals surface area contributed by atoms with Crippen LogP contribution in [0.3, 0.4) is 0 Å². The lowest BCUT2D eigenvalue weighted by Gasteiger charge is -2.09. The fraction of sp³-hybridized carbons (Fsp3) is 0.167. The van der Waals surface area contributed by atoms with Gasteiger partial charge in [0, 0.05) is 18.0 Å². The van der Waals surface area contributed by atoms with Crippen molar-refractivity contribution in [1.82, 2.24) is 0 Å². The van der Waals surface area contributed by atoms with Crippen LogP contribution in [0, 0.1) is 11.6 Å². The number of hydrogen-bond donors (Lipinski definition) is 1. The third kappa shape index (κ3) is 4.55. The zero-order valence-corrected chi connectivity index (χ0v) is 13.3. The smallest absolute Gasteiger partial charge is 0.340 e. The number of carbonyl (C=O) groups is 1. The normalized spacial score (nSPS) is 11.1. The highest BCUT2D eigenvalue weighted by Gasteiger charge is 2.13. The second-order valence-electron chi connectivity index (χ2n) is 4.81. The number of benzene rings is 2. The van der Waals surface area contributed by atoms with Crippen LogP contribution in [0.1, 0.15) is 12.5 Å². The van der Waals surface area contributed by atoms with Gasteiger partial charge in [-0.05, 0) is 36.8 Å². The molecule has 0 unspecified atom stereocenters. The molecule has 0 heterocycles. The van der Waals surface area contributed by atoms with Crippen molar-refractivity contribution in [2.45, 2.75) is 6.92 Å². The van der Waals surface area contributed by atoms with Crippen molar-refractivity contribution in [2.24, 2.45) is 0 Å². The van der Waals surface area contributed by atoms with Crippen LogP contribution in [-0.4, -0.2) is 19.7 Å². The summed E-state index contributed by atoms with van der Waals surface area (Å²) in [5.41, 5.74) is 0.991. The van der Waals surface area contributed by atoms with E-state index in [0.29, 0.717) is 11.3 Å². The first-order valence-corrected chi connectivity index (χ1v) is 7.28. The van der Waals surface area contributed by atoms with Gasteiger partial charge in [0.2, 0.25) is 0 Å². The van der Waals surface area contributed by atoms with Crippen molar-refractivity contribution in [3.8, 4) is 5.75 Å². The van der Waals surface area contributed by atoms with Gasteiger partial charge in [0.1, 0.15) is 17.4 Å². The molecule has 0 bridgehead atoms. The van der Waals surface area contributed by atoms with E-state index in [0.717, 1.165) is 18.2 Å². The van der Waals surface area contributed by atoms with Crippen LogP contribution in [0.5, 0.6) is 5.75 Å². The molecule has 0 aliphatic heterocycles. The summed E-state index contributed by atoms with van der Waals surface area (Å²) in [4.78, 5) is 12.1. The lowest BCUT2D eigenvalue weighted by molar-refractivity contribution is -0.136. The third-order valence-electron chi connectivity index (χ3n) is 3.14. The molecule has 0 saturated heterocycles. The average Bonchev–Trinajstić information content (AvgIpc) is 2.55. The Bertz CT molecular complexity index is 722. The molecular formula is C18H17F2NO3. The average molecular weight is 333 g/mol. The molecule has 6 heteroatoms. The van der Waals surface area contributed by atoms with Crippen molar-refractivity contribution in [3.63, 3.8) is 0 Å². The quantitative estimate of drug-likeness (QED) is 0.641. The first-order chi connectivity index (χ1) is 11.5. The Morgan fingerprint density at radius 3 is 2.29 bits per heavy atom. The minimum absolute atomic E-state index is 0.183. The number of anilines is 1. The first kappa shape index (κ1) is 17.5. The summed E-state index contributed by atoms with van der Waals surface area (Å²) < 4.78 is 36.6. The highest BCUT2D eigenvalue weighted by atomic mass is 19.1. The van der Waals surface area contributed by atoms with E-state index < -0.39 is 17.6 Å². The SMILES string of the molecule is CCOC(=O)/C(=C\Nc1cc(F)cc(F)c1)c1ccc(OC)cc1. The highest BCUT2D eigenvalue weighted by Crippen LogP contribution is 2.21. The number of methoxy groups -OCH3 is 1. The number of carbonyl (C=O) groups excluding carboxylic acids is 1. The van der Waals surface area contributed by atoms with E-state index in [2.05, 4.69) is 5.32 Å². The van der Waals surface area contributed by atoms with Gasteiger partial charge in [-0.15, -0.1) is 0 Å². The van der Waals surface area contributed by atoms with Crippen LogP contribution < -0.4 is 10.1 Å². The van der Waals surface area contributed by atoms with Crippen LogP contribution >= 0.6 is 0 Å². The Morgan fingerprint density at radius 1 is 1.12 bits per heavy atom. The van der Waals surface area contributed by atoms with Crippen molar-refractivity contribution in [2.75, 3.05) is 19.0 Å². The fourth-order valence-corrected chi connectivity index (χ4v) is 2.03. The summed E-state index contributed by atoms with van der Waals surface area (Å²) in [6.45, 7) is 1.90. The molecule has 0 aliphatic carbocycles. The molecule has 0 radical (unpaired) electrons. The number of hydrogen-bond acceptors (Lipinski definition) is 4. The van der Waals surface area contributed by atoms with Crippen LogP contribution in [-0.2, 0) is 9.53 Å². The summed E-state index contributed by atoms with van der Waals surface area (Å²) in [6, 6.07) is 9.79. The zero-order chi connectivity index (χ0) is 17.5. The molecule has 2 aromatic carbocycles. The Hall–Kier alpha value is -2.89. The van der Waals surface area contributed by atoms with E-state index in [1.54, 1.807) is 31.2 Å². The Balaban J connectivity index is 2.32. The number of esters is 1. The second kappa shape index (κ2) is 8.10. The molecule has 4 nitrogen and oxygen atoms in total. The molecule has 0 aromatic heterocycles. The van der Waals surface area contributed by atoms with Gasteiger partial charge in [0.15, 0.2) is 0 Å². The number of rotatable bonds is 6. The lowest BCUT2D eigenvalue weighted by atomic mass is 10.1. The molecule has 0 spiro atoms. The largest absolute Gasteiger partial charge is 0.497 e. The maximum absolute atomic E-state index is 13.2. The Labute approximate surface area is 138 Å². The molecule has 0 saturated carbocycles. The lowest BCUT2D eigenvalue weighted by Crippen LogP contribution is -2.08. The topological polar surface area (TPSA) is 47.6 Å². The van der Waals surface area contributed by atoms with Crippen LogP contribution in [0.15, 0.2) is 48.7 Å². The summed E-state index contributed by atoms with van der Waals surface area (Å²) in [5.74, 6) is -1.34. The van der Waals surface area contributed by atoms with E-state index in [1.807, 2.05) is 0 Å². The van der Waals surface area contributed by atoms with Gasteiger partial charge in [0.05, 0.1) is 19.3 Å². The van der Waals surface area contributed by atoms with Gasteiger partial charge in [-0.1, -0.05) is 12.1 Å². The number of nitrogens with one attached hydrogen (secondary N) is 1. The van der Waals surface area contributed by atoms with E-state index in [1.165, 1.54) is 13.3 Å². The van der Waals surface area contributed by atoms with Gasteiger partial charge in [-0.25, -0.2) is 13.6 Å². The van der Waals surface area contributed by atoms with Gasteiger partial charge in [-0.3, -0.25) is 0 Å². The minimum Gasteiger partial charge on any atom is -0.497 e. The summed E-state index contributed by atoms with van der Waals surface area (Å²) >= 11 is 0. The second-order valence-corrected chi connectivity index (χ2v) is 4.81. The molecule has 24 heavy (non-hydrogen) atoms. The molecular weight excluding hydrogens is 316 g/mol. The summed E-state index contributed by atoms with van der Waals surface area (Å²) in [6.07, 6.45) is 1.36. The molecule has 2 aromatic rings. The molecule has 0 atom stereocenters. The predicted molar refractivity (Wildman–Crippen MR) is 87.6 cm³/mol. The van der Waals surface area contributed by atoms with E-state index in [4.69, 9.17) is 9.47 Å². The maximum Gasteiger partial charge on any atom is 0.340 e. The van der Waals surface area contributed by atoms with E-state index in [9.17, 15) is 13.6 Å². The van der Waals surface area contributed by atoms with Crippen LogP contribution in [0.25, 0.3) is 5.57 Å². The van der Waals surface area contributed by atoms with E-state index >= 15 is 0 Å². The fourth-order valence-electron chi connectivity index (χ4n) is 2.03. The van der Waals surface area contributed by atoms with Crippen molar-refractivity contribution in [3.05, 3.63) is 65.9 Å². The van der Waals surface area contributed by atoms with Gasteiger partial charge in [-0.2, -0.15) is 0 Å². The van der Waals surface area contributed by atoms with Crippen molar-refractivity contribution in [1.29, 1.82) is 0 Å². The first-order valence-electron chi connectivity index (χ1n) is 7.28. The molecule has 0 amide bonds. The van der Waals surface area contributed by atoms with E-state index in [-0.39, 0.29) is 17.9 Å². The maximum atomic E-state index is 13.2. The van der Waals surface area contributed by atoms with Gasteiger partial charge < -0.3 is 14.8 Å². The minimum atomic E-state index is -0.715. The number of halogens is 2. The Kier molecular flexibility index (Phi) is 5.89. The molecule has 126 valence electrons. The van der Waals surface area contributed by atoms with Gasteiger partial charge in [0.25, 0.3) is 0 Å². The summed E-state index contributed by atoms with van der Waals surface area (Å²) in [7, 11) is 1.54. The molecule has 2 rings (SSSR count). The van der Waals surface area contributed by atoms with Crippen molar-refractivity contribution >= 4 is 17.2 Å². The Morgan fingerprint density at radius 2 is 1.75 bits per heavy atom. The highest BCUT2D eigenvalue weighted by molar-refractivity contribution is 6.16.